The standard InChI is InChI=1S/C20H23FN2O/c1-20(2,16-8-10-17(21)11-9-16)19(24)23-14-12-22(13-15-23)18-6-4-3-5-7-18/h3-11H,12-15H2,1-2H3. The molecule has 0 aromatic heterocycles. The van der Waals surface area contributed by atoms with Crippen molar-refractivity contribution >= 4 is 11.6 Å². The molecule has 0 atom stereocenters. The van der Waals surface area contributed by atoms with Crippen molar-refractivity contribution in [3.8, 4) is 0 Å². The molecule has 0 saturated carbocycles. The van der Waals surface area contributed by atoms with Crippen molar-refractivity contribution in [1.82, 2.24) is 4.90 Å². The SMILES string of the molecule is CC(C)(C(=O)N1CCN(c2ccccc2)CC1)c1ccc(F)cc1. The van der Waals surface area contributed by atoms with Crippen molar-refractivity contribution in [3.05, 3.63) is 66.0 Å². The predicted octanol–water partition coefficient (Wildman–Crippen LogP) is 3.45. The van der Waals surface area contributed by atoms with E-state index in [2.05, 4.69) is 17.0 Å². The third kappa shape index (κ3) is 3.28. The van der Waals surface area contributed by atoms with E-state index in [0.717, 1.165) is 18.7 Å². The zero-order valence-corrected chi connectivity index (χ0v) is 14.2. The van der Waals surface area contributed by atoms with Gasteiger partial charge in [-0.15, -0.1) is 0 Å². The average Bonchev–Trinajstić information content (AvgIpc) is 2.62. The van der Waals surface area contributed by atoms with E-state index in [1.54, 1.807) is 12.1 Å². The van der Waals surface area contributed by atoms with Gasteiger partial charge in [0.05, 0.1) is 5.41 Å². The minimum atomic E-state index is -0.650. The molecular weight excluding hydrogens is 303 g/mol. The molecule has 1 fully saturated rings. The summed E-state index contributed by atoms with van der Waals surface area (Å²) < 4.78 is 13.1. The zero-order valence-electron chi connectivity index (χ0n) is 14.2. The fourth-order valence-corrected chi connectivity index (χ4v) is 3.19. The van der Waals surface area contributed by atoms with Crippen LogP contribution >= 0.6 is 0 Å². The number of halogens is 1. The Morgan fingerprint density at radius 3 is 2.08 bits per heavy atom. The molecule has 1 heterocycles. The van der Waals surface area contributed by atoms with Crippen LogP contribution in [0.3, 0.4) is 0 Å². The van der Waals surface area contributed by atoms with Crippen LogP contribution in [-0.2, 0) is 10.2 Å². The number of piperazine rings is 1. The van der Waals surface area contributed by atoms with Gasteiger partial charge in [-0.1, -0.05) is 30.3 Å². The average molecular weight is 326 g/mol. The molecule has 0 spiro atoms. The van der Waals surface area contributed by atoms with E-state index in [9.17, 15) is 9.18 Å². The quantitative estimate of drug-likeness (QED) is 0.862. The number of anilines is 1. The molecule has 0 bridgehead atoms. The molecule has 24 heavy (non-hydrogen) atoms. The number of benzene rings is 2. The smallest absolute Gasteiger partial charge is 0.232 e. The number of rotatable bonds is 3. The van der Waals surface area contributed by atoms with Gasteiger partial charge in [0.15, 0.2) is 0 Å². The first kappa shape index (κ1) is 16.5. The van der Waals surface area contributed by atoms with Crippen LogP contribution in [0.4, 0.5) is 10.1 Å². The molecule has 1 aliphatic rings. The van der Waals surface area contributed by atoms with Gasteiger partial charge >= 0.3 is 0 Å². The first-order valence-corrected chi connectivity index (χ1v) is 8.34. The molecule has 0 aliphatic carbocycles. The van der Waals surface area contributed by atoms with Gasteiger partial charge in [0.25, 0.3) is 0 Å². The first-order valence-electron chi connectivity index (χ1n) is 8.34. The van der Waals surface area contributed by atoms with Gasteiger partial charge in [0.1, 0.15) is 5.82 Å². The highest BCUT2D eigenvalue weighted by Gasteiger charge is 2.35. The third-order valence-corrected chi connectivity index (χ3v) is 4.79. The lowest BCUT2D eigenvalue weighted by Gasteiger charge is -2.39. The number of para-hydroxylation sites is 1. The second kappa shape index (κ2) is 6.63. The molecule has 1 aliphatic heterocycles. The van der Waals surface area contributed by atoms with E-state index < -0.39 is 5.41 Å². The van der Waals surface area contributed by atoms with E-state index in [0.29, 0.717) is 13.1 Å². The molecule has 126 valence electrons. The van der Waals surface area contributed by atoms with Crippen LogP contribution in [0.5, 0.6) is 0 Å². The third-order valence-electron chi connectivity index (χ3n) is 4.79. The number of carbonyl (C=O) groups is 1. The Balaban J connectivity index is 1.67. The number of hydrogen-bond acceptors (Lipinski definition) is 2. The van der Waals surface area contributed by atoms with Crippen LogP contribution in [0, 0.1) is 5.82 Å². The molecule has 2 aromatic carbocycles. The highest BCUT2D eigenvalue weighted by molar-refractivity contribution is 5.87. The van der Waals surface area contributed by atoms with Gasteiger partial charge in [-0.3, -0.25) is 4.79 Å². The summed E-state index contributed by atoms with van der Waals surface area (Å²) in [6.45, 7) is 6.89. The van der Waals surface area contributed by atoms with Crippen molar-refractivity contribution in [3.63, 3.8) is 0 Å². The Labute approximate surface area is 142 Å². The molecular formula is C20H23FN2O. The van der Waals surface area contributed by atoms with Crippen molar-refractivity contribution in [2.45, 2.75) is 19.3 Å². The highest BCUT2D eigenvalue weighted by Crippen LogP contribution is 2.27. The molecule has 0 radical (unpaired) electrons. The molecule has 0 N–H and O–H groups in total. The maximum Gasteiger partial charge on any atom is 0.232 e. The summed E-state index contributed by atoms with van der Waals surface area (Å²) in [7, 11) is 0. The van der Waals surface area contributed by atoms with Crippen LogP contribution in [-0.4, -0.2) is 37.0 Å². The predicted molar refractivity (Wildman–Crippen MR) is 94.7 cm³/mol. The Morgan fingerprint density at radius 1 is 0.917 bits per heavy atom. The highest BCUT2D eigenvalue weighted by atomic mass is 19.1. The summed E-state index contributed by atoms with van der Waals surface area (Å²) in [4.78, 5) is 17.2. The summed E-state index contributed by atoms with van der Waals surface area (Å²) in [5.41, 5.74) is 1.39. The molecule has 1 amide bonds. The number of amides is 1. The van der Waals surface area contributed by atoms with Gasteiger partial charge in [-0.25, -0.2) is 4.39 Å². The Hall–Kier alpha value is -2.36. The van der Waals surface area contributed by atoms with E-state index >= 15 is 0 Å². The second-order valence-electron chi connectivity index (χ2n) is 6.75. The maximum absolute atomic E-state index is 13.1. The van der Waals surface area contributed by atoms with Crippen molar-refractivity contribution in [2.24, 2.45) is 0 Å². The summed E-state index contributed by atoms with van der Waals surface area (Å²) in [6.07, 6.45) is 0. The van der Waals surface area contributed by atoms with Crippen LogP contribution < -0.4 is 4.90 Å². The van der Waals surface area contributed by atoms with Crippen LogP contribution in [0.2, 0.25) is 0 Å². The van der Waals surface area contributed by atoms with Gasteiger partial charge in [-0.05, 0) is 43.7 Å². The van der Waals surface area contributed by atoms with Gasteiger partial charge in [0.2, 0.25) is 5.91 Å². The summed E-state index contributed by atoms with van der Waals surface area (Å²) in [5.74, 6) is -0.180. The Morgan fingerprint density at radius 2 is 1.50 bits per heavy atom. The number of nitrogens with zero attached hydrogens (tertiary/aromatic N) is 2. The zero-order chi connectivity index (χ0) is 17.2. The topological polar surface area (TPSA) is 23.6 Å². The monoisotopic (exact) mass is 326 g/mol. The lowest BCUT2D eigenvalue weighted by atomic mass is 9.83. The second-order valence-corrected chi connectivity index (χ2v) is 6.75. The molecule has 0 unspecified atom stereocenters. The number of hydrogen-bond donors (Lipinski definition) is 0. The van der Waals surface area contributed by atoms with Crippen LogP contribution in [0.1, 0.15) is 19.4 Å². The molecule has 3 nitrogen and oxygen atoms in total. The van der Waals surface area contributed by atoms with Crippen molar-refractivity contribution < 1.29 is 9.18 Å². The largest absolute Gasteiger partial charge is 0.368 e. The molecule has 2 aromatic rings. The summed E-state index contributed by atoms with van der Waals surface area (Å²) >= 11 is 0. The Bertz CT molecular complexity index is 689. The van der Waals surface area contributed by atoms with E-state index in [-0.39, 0.29) is 11.7 Å². The van der Waals surface area contributed by atoms with Crippen molar-refractivity contribution in [1.29, 1.82) is 0 Å². The lowest BCUT2D eigenvalue weighted by Crippen LogP contribution is -2.53. The summed E-state index contributed by atoms with van der Waals surface area (Å²) in [6, 6.07) is 16.5. The van der Waals surface area contributed by atoms with E-state index in [1.165, 1.54) is 17.8 Å². The van der Waals surface area contributed by atoms with Gasteiger partial charge in [-0.2, -0.15) is 0 Å². The van der Waals surface area contributed by atoms with E-state index in [4.69, 9.17) is 0 Å². The Kier molecular flexibility index (Phi) is 4.56. The lowest BCUT2D eigenvalue weighted by molar-refractivity contribution is -0.136. The maximum atomic E-state index is 13.1. The van der Waals surface area contributed by atoms with Crippen LogP contribution in [0.25, 0.3) is 0 Å². The van der Waals surface area contributed by atoms with Gasteiger partial charge in [0, 0.05) is 31.9 Å². The fraction of sp³-hybridized carbons (Fsp3) is 0.350. The van der Waals surface area contributed by atoms with Crippen molar-refractivity contribution in [2.75, 3.05) is 31.1 Å². The van der Waals surface area contributed by atoms with Crippen LogP contribution in [0.15, 0.2) is 54.6 Å². The fourth-order valence-electron chi connectivity index (χ4n) is 3.19. The minimum absolute atomic E-state index is 0.0989. The molecule has 3 rings (SSSR count). The normalized spacial score (nSPS) is 15.5. The van der Waals surface area contributed by atoms with E-state index in [1.807, 2.05) is 36.9 Å². The molecule has 1 saturated heterocycles. The number of carbonyl (C=O) groups excluding carboxylic acids is 1. The first-order chi connectivity index (χ1) is 11.5. The summed E-state index contributed by atoms with van der Waals surface area (Å²) in [5, 5.41) is 0. The minimum Gasteiger partial charge on any atom is -0.368 e. The van der Waals surface area contributed by atoms with Gasteiger partial charge < -0.3 is 9.80 Å². The molecule has 4 heteroatoms.